The van der Waals surface area contributed by atoms with Crippen molar-refractivity contribution in [2.24, 2.45) is 0 Å². The third-order valence-electron chi connectivity index (χ3n) is 6.08. The minimum Gasteiger partial charge on any atom is -0.352 e. The molecule has 4 nitrogen and oxygen atoms in total. The van der Waals surface area contributed by atoms with Gasteiger partial charge in [-0.3, -0.25) is 9.59 Å². The Kier molecular flexibility index (Phi) is 10.1. The summed E-state index contributed by atoms with van der Waals surface area (Å²) in [6, 6.07) is 13.6. The molecule has 2 amide bonds. The number of hydrogen-bond donors (Lipinski definition) is 1. The number of nitrogens with one attached hydrogen (secondary N) is 1. The Hall–Kier alpha value is -2.05. The summed E-state index contributed by atoms with van der Waals surface area (Å²) < 4.78 is 13.9. The minimum atomic E-state index is -0.579. The molecule has 1 aliphatic rings. The van der Waals surface area contributed by atoms with Gasteiger partial charge in [0.2, 0.25) is 11.8 Å². The number of thioether (sulfide) groups is 1. The van der Waals surface area contributed by atoms with Gasteiger partial charge in [-0.1, -0.05) is 74.2 Å². The average molecular weight is 491 g/mol. The van der Waals surface area contributed by atoms with Crippen molar-refractivity contribution in [3.8, 4) is 0 Å². The topological polar surface area (TPSA) is 49.4 Å². The molecule has 0 unspecified atom stereocenters. The highest BCUT2D eigenvalue weighted by molar-refractivity contribution is 7.99. The van der Waals surface area contributed by atoms with Crippen LogP contribution in [0.25, 0.3) is 0 Å². The van der Waals surface area contributed by atoms with E-state index in [0.717, 1.165) is 31.2 Å². The molecule has 1 saturated carbocycles. The highest BCUT2D eigenvalue weighted by Gasteiger charge is 2.30. The van der Waals surface area contributed by atoms with E-state index in [-0.39, 0.29) is 36.0 Å². The largest absolute Gasteiger partial charge is 0.352 e. The van der Waals surface area contributed by atoms with Crippen molar-refractivity contribution in [1.29, 1.82) is 0 Å². The SMILES string of the molecule is CC[C@@H](C(=O)NC1CCCCC1)N(Cc1ccccc1Cl)C(=O)CSCc1ccccc1F. The van der Waals surface area contributed by atoms with Gasteiger partial charge in [0, 0.05) is 23.4 Å². The second kappa shape index (κ2) is 13.0. The third-order valence-corrected chi connectivity index (χ3v) is 7.41. The fourth-order valence-corrected chi connectivity index (χ4v) is 5.31. The number of carbonyl (C=O) groups is 2. The second-order valence-electron chi connectivity index (χ2n) is 8.46. The van der Waals surface area contributed by atoms with Gasteiger partial charge in [-0.05, 0) is 42.5 Å². The third kappa shape index (κ3) is 7.47. The van der Waals surface area contributed by atoms with E-state index in [0.29, 0.717) is 22.8 Å². The van der Waals surface area contributed by atoms with Gasteiger partial charge in [-0.15, -0.1) is 11.8 Å². The number of carbonyl (C=O) groups excluding carboxylic acids is 2. The summed E-state index contributed by atoms with van der Waals surface area (Å²) in [6.07, 6.45) is 5.93. The molecule has 0 aromatic heterocycles. The number of halogens is 2. The summed E-state index contributed by atoms with van der Waals surface area (Å²) in [5, 5.41) is 3.74. The van der Waals surface area contributed by atoms with Crippen LogP contribution >= 0.6 is 23.4 Å². The van der Waals surface area contributed by atoms with Crippen molar-refractivity contribution >= 4 is 35.2 Å². The normalized spacial score (nSPS) is 15.1. The Balaban J connectivity index is 1.72. The zero-order chi connectivity index (χ0) is 23.6. The maximum Gasteiger partial charge on any atom is 0.243 e. The quantitative estimate of drug-likeness (QED) is 0.446. The molecule has 0 heterocycles. The van der Waals surface area contributed by atoms with E-state index in [1.54, 1.807) is 29.2 Å². The molecular weight excluding hydrogens is 459 g/mol. The van der Waals surface area contributed by atoms with Crippen molar-refractivity contribution in [3.63, 3.8) is 0 Å². The van der Waals surface area contributed by atoms with Gasteiger partial charge in [0.05, 0.1) is 5.75 Å². The highest BCUT2D eigenvalue weighted by atomic mass is 35.5. The van der Waals surface area contributed by atoms with Gasteiger partial charge in [-0.25, -0.2) is 4.39 Å². The summed E-state index contributed by atoms with van der Waals surface area (Å²) in [6.45, 7) is 2.18. The zero-order valence-corrected chi connectivity index (χ0v) is 20.6. The first-order valence-electron chi connectivity index (χ1n) is 11.6. The molecule has 0 saturated heterocycles. The van der Waals surface area contributed by atoms with Crippen molar-refractivity contribution in [2.75, 3.05) is 5.75 Å². The zero-order valence-electron chi connectivity index (χ0n) is 19.1. The fourth-order valence-electron chi connectivity index (χ4n) is 4.22. The fraction of sp³-hybridized carbons (Fsp3) is 0.462. The predicted molar refractivity (Wildman–Crippen MR) is 134 cm³/mol. The van der Waals surface area contributed by atoms with E-state index in [9.17, 15) is 14.0 Å². The Bertz CT molecular complexity index is 936. The number of benzene rings is 2. The van der Waals surface area contributed by atoms with Crippen LogP contribution in [0.1, 0.15) is 56.6 Å². The second-order valence-corrected chi connectivity index (χ2v) is 9.86. The first kappa shape index (κ1) is 25.6. The van der Waals surface area contributed by atoms with Crippen LogP contribution < -0.4 is 5.32 Å². The van der Waals surface area contributed by atoms with E-state index in [1.807, 2.05) is 25.1 Å². The standard InChI is InChI=1S/C26H32ClFN2O2S/c1-2-24(26(32)29-21-12-4-3-5-13-21)30(16-19-10-6-8-14-22(19)27)25(31)18-33-17-20-11-7-9-15-23(20)28/h6-11,14-15,21,24H,2-5,12-13,16-18H2,1H3,(H,29,32)/t24-/m0/s1. The molecular formula is C26H32ClFN2O2S. The molecule has 1 fully saturated rings. The molecule has 1 N–H and O–H groups in total. The number of hydrogen-bond acceptors (Lipinski definition) is 3. The van der Waals surface area contributed by atoms with Gasteiger partial charge in [0.25, 0.3) is 0 Å². The van der Waals surface area contributed by atoms with Crippen molar-refractivity contribution in [3.05, 3.63) is 70.5 Å². The minimum absolute atomic E-state index is 0.107. The number of rotatable bonds is 10. The predicted octanol–water partition coefficient (Wildman–Crippen LogP) is 5.97. The summed E-state index contributed by atoms with van der Waals surface area (Å²) in [5.74, 6) is 0.0181. The highest BCUT2D eigenvalue weighted by Crippen LogP contribution is 2.23. The average Bonchev–Trinajstić information content (AvgIpc) is 2.82. The maximum absolute atomic E-state index is 13.9. The van der Waals surface area contributed by atoms with Crippen LogP contribution in [-0.2, 0) is 21.9 Å². The van der Waals surface area contributed by atoms with Crippen LogP contribution in [0.3, 0.4) is 0 Å². The van der Waals surface area contributed by atoms with E-state index < -0.39 is 6.04 Å². The van der Waals surface area contributed by atoms with E-state index in [1.165, 1.54) is 24.2 Å². The van der Waals surface area contributed by atoms with Gasteiger partial charge in [0.1, 0.15) is 11.9 Å². The van der Waals surface area contributed by atoms with Crippen molar-refractivity contribution in [1.82, 2.24) is 10.2 Å². The number of nitrogens with zero attached hydrogens (tertiary/aromatic N) is 1. The van der Waals surface area contributed by atoms with E-state index in [4.69, 9.17) is 11.6 Å². The summed E-state index contributed by atoms with van der Waals surface area (Å²) in [7, 11) is 0. The van der Waals surface area contributed by atoms with Crippen LogP contribution in [0, 0.1) is 5.82 Å². The van der Waals surface area contributed by atoms with Crippen molar-refractivity contribution < 1.29 is 14.0 Å². The van der Waals surface area contributed by atoms with Crippen LogP contribution in [0.5, 0.6) is 0 Å². The van der Waals surface area contributed by atoms with Crippen LogP contribution in [0.15, 0.2) is 48.5 Å². The Morgan fingerprint density at radius 2 is 1.76 bits per heavy atom. The molecule has 0 spiro atoms. The van der Waals surface area contributed by atoms with E-state index >= 15 is 0 Å². The van der Waals surface area contributed by atoms with E-state index in [2.05, 4.69) is 5.32 Å². The maximum atomic E-state index is 13.9. The van der Waals surface area contributed by atoms with Crippen molar-refractivity contribution in [2.45, 2.75) is 69.8 Å². The Morgan fingerprint density at radius 3 is 2.42 bits per heavy atom. The van der Waals surface area contributed by atoms with Gasteiger partial charge in [-0.2, -0.15) is 0 Å². The molecule has 3 rings (SSSR count). The molecule has 0 radical (unpaired) electrons. The Morgan fingerprint density at radius 1 is 1.09 bits per heavy atom. The van der Waals surface area contributed by atoms with Gasteiger partial charge >= 0.3 is 0 Å². The molecule has 178 valence electrons. The number of amides is 2. The first-order valence-corrected chi connectivity index (χ1v) is 13.2. The van der Waals surface area contributed by atoms with Crippen LogP contribution in [0.4, 0.5) is 4.39 Å². The lowest BCUT2D eigenvalue weighted by Gasteiger charge is -2.33. The van der Waals surface area contributed by atoms with Crippen LogP contribution in [0.2, 0.25) is 5.02 Å². The first-order chi connectivity index (χ1) is 16.0. The molecule has 33 heavy (non-hydrogen) atoms. The smallest absolute Gasteiger partial charge is 0.243 e. The molecule has 1 atom stereocenters. The van der Waals surface area contributed by atoms with Gasteiger partial charge in [0.15, 0.2) is 0 Å². The monoisotopic (exact) mass is 490 g/mol. The lowest BCUT2D eigenvalue weighted by atomic mass is 9.95. The van der Waals surface area contributed by atoms with Crippen LogP contribution in [-0.4, -0.2) is 34.6 Å². The molecule has 2 aromatic carbocycles. The Labute approximate surface area is 205 Å². The summed E-state index contributed by atoms with van der Waals surface area (Å²) in [5.41, 5.74) is 1.37. The summed E-state index contributed by atoms with van der Waals surface area (Å²) >= 11 is 7.72. The molecule has 7 heteroatoms. The lowest BCUT2D eigenvalue weighted by Crippen LogP contribution is -2.52. The molecule has 0 aliphatic heterocycles. The molecule has 0 bridgehead atoms. The molecule has 2 aromatic rings. The summed E-state index contributed by atoms with van der Waals surface area (Å²) in [4.78, 5) is 28.2. The molecule has 1 aliphatic carbocycles. The van der Waals surface area contributed by atoms with Gasteiger partial charge < -0.3 is 10.2 Å². The lowest BCUT2D eigenvalue weighted by molar-refractivity contribution is -0.139.